The fourth-order valence-electron chi connectivity index (χ4n) is 2.12. The standard InChI is InChI=1S/C12H23NO4S/c1-17-8-3-2-7-13-12(14)5-4-11-6-9-18(15,16)10-11/h11H,2-10H2,1H3,(H,13,14). The number of hydrogen-bond acceptors (Lipinski definition) is 4. The van der Waals surface area contributed by atoms with Crippen LogP contribution in [0.15, 0.2) is 0 Å². The van der Waals surface area contributed by atoms with Gasteiger partial charge in [-0.3, -0.25) is 4.79 Å². The molecule has 0 radical (unpaired) electrons. The normalized spacial score (nSPS) is 21.9. The van der Waals surface area contributed by atoms with Crippen molar-refractivity contribution in [2.24, 2.45) is 5.92 Å². The molecule has 1 atom stereocenters. The van der Waals surface area contributed by atoms with Crippen molar-refractivity contribution in [1.82, 2.24) is 5.32 Å². The minimum absolute atomic E-state index is 0.0247. The van der Waals surface area contributed by atoms with Crippen molar-refractivity contribution in [3.8, 4) is 0 Å². The number of sulfone groups is 1. The molecule has 1 aliphatic heterocycles. The smallest absolute Gasteiger partial charge is 0.220 e. The number of amides is 1. The van der Waals surface area contributed by atoms with Crippen molar-refractivity contribution in [2.45, 2.75) is 32.1 Å². The number of carbonyl (C=O) groups excluding carboxylic acids is 1. The van der Waals surface area contributed by atoms with Gasteiger partial charge in [0.1, 0.15) is 0 Å². The molecule has 1 unspecified atom stereocenters. The molecule has 106 valence electrons. The highest BCUT2D eigenvalue weighted by Crippen LogP contribution is 2.22. The first kappa shape index (κ1) is 15.4. The van der Waals surface area contributed by atoms with Gasteiger partial charge >= 0.3 is 0 Å². The van der Waals surface area contributed by atoms with Crippen LogP contribution in [-0.2, 0) is 19.4 Å². The maximum absolute atomic E-state index is 11.5. The van der Waals surface area contributed by atoms with E-state index >= 15 is 0 Å². The second-order valence-corrected chi connectivity index (χ2v) is 7.09. The molecular weight excluding hydrogens is 254 g/mol. The summed E-state index contributed by atoms with van der Waals surface area (Å²) < 4.78 is 27.4. The zero-order valence-electron chi connectivity index (χ0n) is 11.0. The Bertz CT molecular complexity index is 353. The third-order valence-electron chi connectivity index (χ3n) is 3.20. The molecule has 1 fully saturated rings. The molecule has 0 bridgehead atoms. The second-order valence-electron chi connectivity index (χ2n) is 4.86. The van der Waals surface area contributed by atoms with E-state index in [2.05, 4.69) is 5.32 Å². The minimum atomic E-state index is -2.82. The monoisotopic (exact) mass is 277 g/mol. The third-order valence-corrected chi connectivity index (χ3v) is 5.04. The Hall–Kier alpha value is -0.620. The third kappa shape index (κ3) is 6.35. The summed E-state index contributed by atoms with van der Waals surface area (Å²) in [6.07, 6.45) is 3.69. The zero-order chi connectivity index (χ0) is 13.4. The predicted molar refractivity (Wildman–Crippen MR) is 70.1 cm³/mol. The van der Waals surface area contributed by atoms with Crippen molar-refractivity contribution < 1.29 is 17.9 Å². The van der Waals surface area contributed by atoms with Gasteiger partial charge in [-0.2, -0.15) is 0 Å². The Labute approximate surface area is 109 Å². The van der Waals surface area contributed by atoms with Crippen LogP contribution in [0.4, 0.5) is 0 Å². The summed E-state index contributed by atoms with van der Waals surface area (Å²) in [6.45, 7) is 1.39. The zero-order valence-corrected chi connectivity index (χ0v) is 11.8. The first-order valence-corrected chi connectivity index (χ1v) is 8.31. The number of ether oxygens (including phenoxy) is 1. The van der Waals surface area contributed by atoms with Crippen molar-refractivity contribution in [3.05, 3.63) is 0 Å². The van der Waals surface area contributed by atoms with Gasteiger partial charge in [0.25, 0.3) is 0 Å². The van der Waals surface area contributed by atoms with Gasteiger partial charge in [-0.05, 0) is 31.6 Å². The van der Waals surface area contributed by atoms with Crippen LogP contribution < -0.4 is 5.32 Å². The number of unbranched alkanes of at least 4 members (excludes halogenated alkanes) is 1. The molecule has 6 heteroatoms. The molecule has 0 aromatic carbocycles. The van der Waals surface area contributed by atoms with E-state index in [9.17, 15) is 13.2 Å². The van der Waals surface area contributed by atoms with E-state index in [0.29, 0.717) is 25.8 Å². The molecule has 1 amide bonds. The van der Waals surface area contributed by atoms with E-state index in [-0.39, 0.29) is 23.3 Å². The summed E-state index contributed by atoms with van der Waals surface area (Å²) in [5.41, 5.74) is 0. The van der Waals surface area contributed by atoms with Crippen LogP contribution in [-0.4, -0.2) is 46.1 Å². The molecule has 0 aromatic rings. The molecule has 0 aliphatic carbocycles. The largest absolute Gasteiger partial charge is 0.385 e. The number of methoxy groups -OCH3 is 1. The van der Waals surface area contributed by atoms with Gasteiger partial charge in [0, 0.05) is 26.7 Å². The number of hydrogen-bond donors (Lipinski definition) is 1. The van der Waals surface area contributed by atoms with Crippen LogP contribution in [0, 0.1) is 5.92 Å². The van der Waals surface area contributed by atoms with Crippen LogP contribution >= 0.6 is 0 Å². The Balaban J connectivity index is 2.04. The Morgan fingerprint density at radius 1 is 1.39 bits per heavy atom. The highest BCUT2D eigenvalue weighted by molar-refractivity contribution is 7.91. The van der Waals surface area contributed by atoms with Crippen LogP contribution in [0.2, 0.25) is 0 Å². The van der Waals surface area contributed by atoms with Gasteiger partial charge in [-0.25, -0.2) is 8.42 Å². The maximum atomic E-state index is 11.5. The molecule has 0 saturated carbocycles. The fourth-order valence-corrected chi connectivity index (χ4v) is 4.03. The summed E-state index contributed by atoms with van der Waals surface area (Å²) in [6, 6.07) is 0. The van der Waals surface area contributed by atoms with Crippen molar-refractivity contribution in [1.29, 1.82) is 0 Å². The average Bonchev–Trinajstić information content (AvgIpc) is 2.66. The van der Waals surface area contributed by atoms with Crippen molar-refractivity contribution in [3.63, 3.8) is 0 Å². The molecule has 1 heterocycles. The first-order chi connectivity index (χ1) is 8.53. The lowest BCUT2D eigenvalue weighted by atomic mass is 10.0. The lowest BCUT2D eigenvalue weighted by Gasteiger charge is -2.08. The van der Waals surface area contributed by atoms with E-state index < -0.39 is 9.84 Å². The number of nitrogens with one attached hydrogen (secondary N) is 1. The lowest BCUT2D eigenvalue weighted by molar-refractivity contribution is -0.121. The molecular formula is C12H23NO4S. The highest BCUT2D eigenvalue weighted by Gasteiger charge is 2.27. The quantitative estimate of drug-likeness (QED) is 0.664. The molecule has 5 nitrogen and oxygen atoms in total. The Kier molecular flexibility index (Phi) is 6.63. The van der Waals surface area contributed by atoms with Crippen LogP contribution in [0.5, 0.6) is 0 Å². The molecule has 1 rings (SSSR count). The molecule has 1 N–H and O–H groups in total. The van der Waals surface area contributed by atoms with E-state index in [1.807, 2.05) is 0 Å². The van der Waals surface area contributed by atoms with E-state index in [0.717, 1.165) is 19.4 Å². The minimum Gasteiger partial charge on any atom is -0.385 e. The van der Waals surface area contributed by atoms with E-state index in [1.165, 1.54) is 0 Å². The van der Waals surface area contributed by atoms with Crippen LogP contribution in [0.25, 0.3) is 0 Å². The van der Waals surface area contributed by atoms with Crippen molar-refractivity contribution in [2.75, 3.05) is 31.8 Å². The summed E-state index contributed by atoms with van der Waals surface area (Å²) in [7, 11) is -1.16. The van der Waals surface area contributed by atoms with Crippen LogP contribution in [0.3, 0.4) is 0 Å². The van der Waals surface area contributed by atoms with Gasteiger partial charge in [0.05, 0.1) is 11.5 Å². The number of rotatable bonds is 8. The fraction of sp³-hybridized carbons (Fsp3) is 0.917. The van der Waals surface area contributed by atoms with Crippen LogP contribution in [0.1, 0.15) is 32.1 Å². The van der Waals surface area contributed by atoms with E-state index in [4.69, 9.17) is 4.74 Å². The summed E-state index contributed by atoms with van der Waals surface area (Å²) in [5.74, 6) is 0.746. The van der Waals surface area contributed by atoms with Gasteiger partial charge in [-0.1, -0.05) is 0 Å². The van der Waals surface area contributed by atoms with E-state index in [1.54, 1.807) is 7.11 Å². The molecule has 1 saturated heterocycles. The van der Waals surface area contributed by atoms with Gasteiger partial charge in [0.15, 0.2) is 9.84 Å². The summed E-state index contributed by atoms with van der Waals surface area (Å²) in [4.78, 5) is 11.5. The van der Waals surface area contributed by atoms with Gasteiger partial charge in [0.2, 0.25) is 5.91 Å². The first-order valence-electron chi connectivity index (χ1n) is 6.49. The SMILES string of the molecule is COCCCCNC(=O)CCC1CCS(=O)(=O)C1. The maximum Gasteiger partial charge on any atom is 0.220 e. The summed E-state index contributed by atoms with van der Waals surface area (Å²) in [5, 5.41) is 2.84. The predicted octanol–water partition coefficient (Wildman–Crippen LogP) is 0.744. The number of carbonyl (C=O) groups is 1. The average molecular weight is 277 g/mol. The van der Waals surface area contributed by atoms with Gasteiger partial charge in [-0.15, -0.1) is 0 Å². The Morgan fingerprint density at radius 2 is 2.17 bits per heavy atom. The topological polar surface area (TPSA) is 72.5 Å². The lowest BCUT2D eigenvalue weighted by Crippen LogP contribution is -2.25. The highest BCUT2D eigenvalue weighted by atomic mass is 32.2. The molecule has 1 aliphatic rings. The summed E-state index contributed by atoms with van der Waals surface area (Å²) >= 11 is 0. The molecule has 0 spiro atoms. The van der Waals surface area contributed by atoms with Gasteiger partial charge < -0.3 is 10.1 Å². The second kappa shape index (κ2) is 7.74. The van der Waals surface area contributed by atoms with Crippen molar-refractivity contribution >= 4 is 15.7 Å². The molecule has 0 aromatic heterocycles. The Morgan fingerprint density at radius 3 is 2.78 bits per heavy atom. The molecule has 18 heavy (non-hydrogen) atoms.